The molecule has 1 aromatic carbocycles. The standard InChI is InChI=1S/C15H16N2O/c1-11-4-6-14(12(2)8-11)15(18)7-5-13-9-16-17(3)10-13/h4-10H,1-3H3. The summed E-state index contributed by atoms with van der Waals surface area (Å²) in [4.78, 5) is 12.0. The molecule has 0 aliphatic heterocycles. The van der Waals surface area contributed by atoms with Gasteiger partial charge in [-0.2, -0.15) is 5.10 Å². The molecule has 0 bridgehead atoms. The van der Waals surface area contributed by atoms with Crippen LogP contribution in [0.25, 0.3) is 6.08 Å². The molecule has 0 aliphatic rings. The minimum Gasteiger partial charge on any atom is -0.289 e. The van der Waals surface area contributed by atoms with E-state index in [1.165, 1.54) is 5.56 Å². The van der Waals surface area contributed by atoms with Crippen molar-refractivity contribution in [1.29, 1.82) is 0 Å². The average molecular weight is 240 g/mol. The van der Waals surface area contributed by atoms with Gasteiger partial charge in [-0.3, -0.25) is 9.48 Å². The molecular weight excluding hydrogens is 224 g/mol. The first-order chi connectivity index (χ1) is 8.56. The van der Waals surface area contributed by atoms with E-state index >= 15 is 0 Å². The van der Waals surface area contributed by atoms with Crippen LogP contribution in [0.3, 0.4) is 0 Å². The van der Waals surface area contributed by atoms with Gasteiger partial charge in [-0.15, -0.1) is 0 Å². The van der Waals surface area contributed by atoms with Crippen molar-refractivity contribution in [1.82, 2.24) is 9.78 Å². The lowest BCUT2D eigenvalue weighted by atomic mass is 10.0. The number of aryl methyl sites for hydroxylation is 3. The number of benzene rings is 1. The second kappa shape index (κ2) is 5.00. The predicted octanol–water partition coefficient (Wildman–Crippen LogP) is 2.93. The summed E-state index contributed by atoms with van der Waals surface area (Å²) in [6.07, 6.45) is 6.97. The molecule has 0 radical (unpaired) electrons. The third-order valence-electron chi connectivity index (χ3n) is 2.80. The van der Waals surface area contributed by atoms with Crippen LogP contribution in [0.2, 0.25) is 0 Å². The highest BCUT2D eigenvalue weighted by atomic mass is 16.1. The van der Waals surface area contributed by atoms with Crippen molar-refractivity contribution in [2.24, 2.45) is 7.05 Å². The van der Waals surface area contributed by atoms with E-state index in [9.17, 15) is 4.79 Å². The van der Waals surface area contributed by atoms with Crippen molar-refractivity contribution < 1.29 is 4.79 Å². The molecule has 2 rings (SSSR count). The summed E-state index contributed by atoms with van der Waals surface area (Å²) >= 11 is 0. The van der Waals surface area contributed by atoms with Gasteiger partial charge < -0.3 is 0 Å². The smallest absolute Gasteiger partial charge is 0.186 e. The van der Waals surface area contributed by atoms with Crippen molar-refractivity contribution in [3.63, 3.8) is 0 Å². The van der Waals surface area contributed by atoms with E-state index in [1.54, 1.807) is 23.0 Å². The Morgan fingerprint density at radius 3 is 2.72 bits per heavy atom. The Kier molecular flexibility index (Phi) is 3.42. The second-order valence-corrected chi connectivity index (χ2v) is 4.46. The van der Waals surface area contributed by atoms with Gasteiger partial charge in [0.25, 0.3) is 0 Å². The van der Waals surface area contributed by atoms with Gasteiger partial charge >= 0.3 is 0 Å². The van der Waals surface area contributed by atoms with Gasteiger partial charge in [0.05, 0.1) is 6.20 Å². The van der Waals surface area contributed by atoms with Crippen LogP contribution in [0.15, 0.2) is 36.7 Å². The molecule has 0 saturated heterocycles. The lowest BCUT2D eigenvalue weighted by molar-refractivity contribution is 0.104. The lowest BCUT2D eigenvalue weighted by Crippen LogP contribution is -1.97. The molecule has 3 nitrogen and oxygen atoms in total. The fraction of sp³-hybridized carbons (Fsp3) is 0.200. The minimum atomic E-state index is 0.0244. The molecule has 0 N–H and O–H groups in total. The summed E-state index contributed by atoms with van der Waals surface area (Å²) in [5.74, 6) is 0.0244. The molecular formula is C15H16N2O. The molecule has 1 heterocycles. The Morgan fingerprint density at radius 1 is 1.33 bits per heavy atom. The van der Waals surface area contributed by atoms with Crippen molar-refractivity contribution in [2.75, 3.05) is 0 Å². The highest BCUT2D eigenvalue weighted by Crippen LogP contribution is 2.12. The van der Waals surface area contributed by atoms with E-state index in [0.29, 0.717) is 0 Å². The fourth-order valence-corrected chi connectivity index (χ4v) is 1.88. The average Bonchev–Trinajstić information content (AvgIpc) is 2.72. The molecule has 92 valence electrons. The maximum Gasteiger partial charge on any atom is 0.186 e. The number of nitrogens with zero attached hydrogens (tertiary/aromatic N) is 2. The van der Waals surface area contributed by atoms with E-state index in [2.05, 4.69) is 5.10 Å². The van der Waals surface area contributed by atoms with E-state index in [-0.39, 0.29) is 5.78 Å². The zero-order valence-electron chi connectivity index (χ0n) is 10.8. The van der Waals surface area contributed by atoms with E-state index in [1.807, 2.05) is 45.3 Å². The lowest BCUT2D eigenvalue weighted by Gasteiger charge is -2.02. The fourth-order valence-electron chi connectivity index (χ4n) is 1.88. The quantitative estimate of drug-likeness (QED) is 0.610. The molecule has 0 amide bonds. The van der Waals surface area contributed by atoms with Crippen LogP contribution in [-0.4, -0.2) is 15.6 Å². The zero-order chi connectivity index (χ0) is 13.1. The largest absolute Gasteiger partial charge is 0.289 e. The Labute approximate surface area is 107 Å². The van der Waals surface area contributed by atoms with Gasteiger partial charge in [0.15, 0.2) is 5.78 Å². The molecule has 0 fully saturated rings. The molecule has 0 atom stereocenters. The molecule has 18 heavy (non-hydrogen) atoms. The first-order valence-corrected chi connectivity index (χ1v) is 5.84. The van der Waals surface area contributed by atoms with Crippen LogP contribution in [0.4, 0.5) is 0 Å². The summed E-state index contributed by atoms with van der Waals surface area (Å²) < 4.78 is 1.71. The van der Waals surface area contributed by atoms with E-state index in [4.69, 9.17) is 0 Å². The Morgan fingerprint density at radius 2 is 2.11 bits per heavy atom. The van der Waals surface area contributed by atoms with Crippen molar-refractivity contribution in [2.45, 2.75) is 13.8 Å². The summed E-state index contributed by atoms with van der Waals surface area (Å²) in [5.41, 5.74) is 3.85. The van der Waals surface area contributed by atoms with Gasteiger partial charge in [0.2, 0.25) is 0 Å². The first kappa shape index (κ1) is 12.3. The molecule has 3 heteroatoms. The number of ketones is 1. The van der Waals surface area contributed by atoms with Gasteiger partial charge in [-0.25, -0.2) is 0 Å². The highest BCUT2D eigenvalue weighted by Gasteiger charge is 2.05. The number of allylic oxidation sites excluding steroid dienone is 1. The summed E-state index contributed by atoms with van der Waals surface area (Å²) in [6.45, 7) is 3.98. The van der Waals surface area contributed by atoms with Crippen molar-refractivity contribution in [3.05, 3.63) is 58.9 Å². The predicted molar refractivity (Wildman–Crippen MR) is 72.5 cm³/mol. The van der Waals surface area contributed by atoms with Crippen LogP contribution < -0.4 is 0 Å². The topological polar surface area (TPSA) is 34.9 Å². The normalized spacial score (nSPS) is 11.1. The highest BCUT2D eigenvalue weighted by molar-refractivity contribution is 6.07. The number of hydrogen-bond donors (Lipinski definition) is 0. The third kappa shape index (κ3) is 2.74. The Balaban J connectivity index is 2.19. The van der Waals surface area contributed by atoms with E-state index in [0.717, 1.165) is 16.7 Å². The number of rotatable bonds is 3. The van der Waals surface area contributed by atoms with Gasteiger partial charge in [-0.1, -0.05) is 23.8 Å². The number of carbonyl (C=O) groups is 1. The number of hydrogen-bond acceptors (Lipinski definition) is 2. The minimum absolute atomic E-state index is 0.0244. The monoisotopic (exact) mass is 240 g/mol. The zero-order valence-corrected chi connectivity index (χ0v) is 10.8. The van der Waals surface area contributed by atoms with Crippen molar-refractivity contribution in [3.8, 4) is 0 Å². The molecule has 0 aliphatic carbocycles. The third-order valence-corrected chi connectivity index (χ3v) is 2.80. The number of carbonyl (C=O) groups excluding carboxylic acids is 1. The van der Waals surface area contributed by atoms with E-state index < -0.39 is 0 Å². The number of aromatic nitrogens is 2. The van der Waals surface area contributed by atoms with Gasteiger partial charge in [0.1, 0.15) is 0 Å². The van der Waals surface area contributed by atoms with Crippen LogP contribution in [0.1, 0.15) is 27.0 Å². The maximum absolute atomic E-state index is 12.0. The first-order valence-electron chi connectivity index (χ1n) is 5.84. The Bertz CT molecular complexity index is 609. The SMILES string of the molecule is Cc1ccc(C(=O)C=Cc2cnn(C)c2)c(C)c1. The van der Waals surface area contributed by atoms with Crippen LogP contribution in [0, 0.1) is 13.8 Å². The molecule has 0 spiro atoms. The molecule has 0 unspecified atom stereocenters. The second-order valence-electron chi connectivity index (χ2n) is 4.46. The summed E-state index contributed by atoms with van der Waals surface area (Å²) in [5, 5.41) is 4.05. The van der Waals surface area contributed by atoms with Gasteiger partial charge in [-0.05, 0) is 31.6 Å². The summed E-state index contributed by atoms with van der Waals surface area (Å²) in [7, 11) is 1.85. The molecule has 0 saturated carbocycles. The maximum atomic E-state index is 12.0. The van der Waals surface area contributed by atoms with Crippen LogP contribution in [-0.2, 0) is 7.05 Å². The Hall–Kier alpha value is -2.16. The summed E-state index contributed by atoms with van der Waals surface area (Å²) in [6, 6.07) is 5.85. The van der Waals surface area contributed by atoms with Gasteiger partial charge in [0, 0.05) is 24.4 Å². The molecule has 2 aromatic rings. The van der Waals surface area contributed by atoms with Crippen LogP contribution in [0.5, 0.6) is 0 Å². The van der Waals surface area contributed by atoms with Crippen LogP contribution >= 0.6 is 0 Å². The van der Waals surface area contributed by atoms with Crippen molar-refractivity contribution >= 4 is 11.9 Å². The molecule has 1 aromatic heterocycles.